The Hall–Kier alpha value is -1.84. The van der Waals surface area contributed by atoms with Crippen LogP contribution in [-0.2, 0) is 16.8 Å². The summed E-state index contributed by atoms with van der Waals surface area (Å²) >= 11 is 5.83. The van der Waals surface area contributed by atoms with Gasteiger partial charge >= 0.3 is 0 Å². The van der Waals surface area contributed by atoms with E-state index in [-0.39, 0.29) is 12.5 Å². The molecule has 1 unspecified atom stereocenters. The number of hydrogen-bond donors (Lipinski definition) is 2. The van der Waals surface area contributed by atoms with E-state index in [9.17, 15) is 9.90 Å². The highest BCUT2D eigenvalue weighted by Crippen LogP contribution is 2.21. The van der Waals surface area contributed by atoms with E-state index in [1.165, 1.54) is 0 Å². The van der Waals surface area contributed by atoms with E-state index in [2.05, 4.69) is 5.32 Å². The number of aliphatic hydroxyl groups is 1. The third-order valence-corrected chi connectivity index (χ3v) is 3.56. The van der Waals surface area contributed by atoms with Gasteiger partial charge in [0.1, 0.15) is 5.60 Å². The zero-order valence-electron chi connectivity index (χ0n) is 11.8. The Kier molecular flexibility index (Phi) is 4.99. The largest absolute Gasteiger partial charge is 0.384 e. The van der Waals surface area contributed by atoms with Gasteiger partial charge in [-0.3, -0.25) is 4.79 Å². The Morgan fingerprint density at radius 2 is 1.76 bits per heavy atom. The molecule has 0 aromatic heterocycles. The van der Waals surface area contributed by atoms with Crippen molar-refractivity contribution >= 4 is 17.5 Å². The first-order chi connectivity index (χ1) is 9.97. The standard InChI is InChI=1S/C17H18ClNO2/c1-17(21,14-7-9-15(18)10-8-14)12-19-16(20)11-13-5-3-2-4-6-13/h2-10,21H,11-12H2,1H3,(H,19,20). The van der Waals surface area contributed by atoms with Crippen molar-refractivity contribution in [3.05, 3.63) is 70.7 Å². The minimum Gasteiger partial charge on any atom is -0.384 e. The predicted molar refractivity (Wildman–Crippen MR) is 84.2 cm³/mol. The van der Waals surface area contributed by atoms with Crippen molar-refractivity contribution in [2.75, 3.05) is 6.54 Å². The maximum absolute atomic E-state index is 11.9. The number of rotatable bonds is 5. The molecule has 0 aliphatic heterocycles. The molecule has 0 spiro atoms. The third kappa shape index (κ3) is 4.59. The van der Waals surface area contributed by atoms with Crippen LogP contribution in [0.2, 0.25) is 5.02 Å². The van der Waals surface area contributed by atoms with E-state index in [0.29, 0.717) is 17.0 Å². The molecule has 1 atom stereocenters. The fourth-order valence-electron chi connectivity index (χ4n) is 2.03. The molecule has 110 valence electrons. The molecule has 0 heterocycles. The van der Waals surface area contributed by atoms with E-state index in [0.717, 1.165) is 5.56 Å². The molecule has 2 rings (SSSR count). The summed E-state index contributed by atoms with van der Waals surface area (Å²) in [4.78, 5) is 11.9. The van der Waals surface area contributed by atoms with Gasteiger partial charge in [-0.15, -0.1) is 0 Å². The van der Waals surface area contributed by atoms with E-state index < -0.39 is 5.60 Å². The zero-order valence-corrected chi connectivity index (χ0v) is 12.6. The first-order valence-corrected chi connectivity index (χ1v) is 7.14. The summed E-state index contributed by atoms with van der Waals surface area (Å²) in [6.07, 6.45) is 0.303. The van der Waals surface area contributed by atoms with Crippen molar-refractivity contribution in [2.24, 2.45) is 0 Å². The average molecular weight is 304 g/mol. The Morgan fingerprint density at radius 3 is 2.38 bits per heavy atom. The van der Waals surface area contributed by atoms with Crippen LogP contribution in [0.15, 0.2) is 54.6 Å². The quantitative estimate of drug-likeness (QED) is 0.892. The number of nitrogens with one attached hydrogen (secondary N) is 1. The first kappa shape index (κ1) is 15.5. The number of carbonyl (C=O) groups excluding carboxylic acids is 1. The van der Waals surface area contributed by atoms with Gasteiger partial charge in [0.25, 0.3) is 0 Å². The Bertz CT molecular complexity index is 594. The monoisotopic (exact) mass is 303 g/mol. The Balaban J connectivity index is 1.92. The minimum absolute atomic E-state index is 0.115. The van der Waals surface area contributed by atoms with Gasteiger partial charge in [-0.1, -0.05) is 54.1 Å². The van der Waals surface area contributed by atoms with Crippen LogP contribution in [0.4, 0.5) is 0 Å². The predicted octanol–water partition coefficient (Wildman–Crippen LogP) is 2.91. The summed E-state index contributed by atoms with van der Waals surface area (Å²) in [5.74, 6) is -0.115. The third-order valence-electron chi connectivity index (χ3n) is 3.30. The van der Waals surface area contributed by atoms with Crippen LogP contribution < -0.4 is 5.32 Å². The molecule has 0 fully saturated rings. The lowest BCUT2D eigenvalue weighted by Crippen LogP contribution is -2.39. The van der Waals surface area contributed by atoms with Gasteiger partial charge in [0.15, 0.2) is 0 Å². The lowest BCUT2D eigenvalue weighted by atomic mass is 9.96. The lowest BCUT2D eigenvalue weighted by molar-refractivity contribution is -0.121. The molecule has 2 aromatic rings. The highest BCUT2D eigenvalue weighted by molar-refractivity contribution is 6.30. The molecule has 0 aliphatic rings. The molecule has 4 heteroatoms. The second-order valence-electron chi connectivity index (χ2n) is 5.22. The SMILES string of the molecule is CC(O)(CNC(=O)Cc1ccccc1)c1ccc(Cl)cc1. The fourth-order valence-corrected chi connectivity index (χ4v) is 2.15. The van der Waals surface area contributed by atoms with Gasteiger partial charge in [-0.25, -0.2) is 0 Å². The Labute approximate surface area is 129 Å². The second-order valence-corrected chi connectivity index (χ2v) is 5.66. The van der Waals surface area contributed by atoms with Crippen LogP contribution in [0.25, 0.3) is 0 Å². The summed E-state index contributed by atoms with van der Waals surface area (Å²) in [7, 11) is 0. The Morgan fingerprint density at radius 1 is 1.14 bits per heavy atom. The summed E-state index contributed by atoms with van der Waals surface area (Å²) in [6.45, 7) is 1.82. The van der Waals surface area contributed by atoms with E-state index in [1.54, 1.807) is 31.2 Å². The molecule has 0 aliphatic carbocycles. The minimum atomic E-state index is -1.13. The highest BCUT2D eigenvalue weighted by Gasteiger charge is 2.23. The van der Waals surface area contributed by atoms with Crippen molar-refractivity contribution in [3.63, 3.8) is 0 Å². The normalized spacial score (nSPS) is 13.5. The molecule has 21 heavy (non-hydrogen) atoms. The average Bonchev–Trinajstić information content (AvgIpc) is 2.47. The summed E-state index contributed by atoms with van der Waals surface area (Å²) in [6, 6.07) is 16.4. The van der Waals surface area contributed by atoms with Crippen molar-refractivity contribution in [1.82, 2.24) is 5.32 Å². The highest BCUT2D eigenvalue weighted by atomic mass is 35.5. The van der Waals surface area contributed by atoms with Crippen molar-refractivity contribution in [3.8, 4) is 0 Å². The molecule has 2 aromatic carbocycles. The molecule has 1 amide bonds. The van der Waals surface area contributed by atoms with Gasteiger partial charge in [0.2, 0.25) is 5.91 Å². The first-order valence-electron chi connectivity index (χ1n) is 6.76. The lowest BCUT2D eigenvalue weighted by Gasteiger charge is -2.24. The number of benzene rings is 2. The van der Waals surface area contributed by atoms with E-state index in [4.69, 9.17) is 11.6 Å². The van der Waals surface area contributed by atoms with Gasteiger partial charge in [0.05, 0.1) is 13.0 Å². The second kappa shape index (κ2) is 6.74. The molecule has 0 radical (unpaired) electrons. The molecule has 0 bridgehead atoms. The van der Waals surface area contributed by atoms with Crippen LogP contribution in [0.5, 0.6) is 0 Å². The molecule has 2 N–H and O–H groups in total. The van der Waals surface area contributed by atoms with Gasteiger partial charge in [-0.05, 0) is 30.2 Å². The van der Waals surface area contributed by atoms with Crippen LogP contribution in [0, 0.1) is 0 Å². The number of halogens is 1. The maximum atomic E-state index is 11.9. The zero-order chi connectivity index (χ0) is 15.3. The van der Waals surface area contributed by atoms with Crippen molar-refractivity contribution < 1.29 is 9.90 Å². The van der Waals surface area contributed by atoms with Crippen LogP contribution in [0.3, 0.4) is 0 Å². The van der Waals surface area contributed by atoms with Crippen LogP contribution >= 0.6 is 11.6 Å². The molecule has 3 nitrogen and oxygen atoms in total. The summed E-state index contributed by atoms with van der Waals surface area (Å²) in [5, 5.41) is 13.8. The van der Waals surface area contributed by atoms with Crippen LogP contribution in [-0.4, -0.2) is 17.6 Å². The number of carbonyl (C=O) groups is 1. The van der Waals surface area contributed by atoms with Crippen LogP contribution in [0.1, 0.15) is 18.1 Å². The molecular weight excluding hydrogens is 286 g/mol. The molecule has 0 saturated heterocycles. The fraction of sp³-hybridized carbons (Fsp3) is 0.235. The number of amides is 1. The topological polar surface area (TPSA) is 49.3 Å². The van der Waals surface area contributed by atoms with Gasteiger partial charge in [0, 0.05) is 5.02 Å². The van der Waals surface area contributed by atoms with Gasteiger partial charge in [-0.2, -0.15) is 0 Å². The summed E-state index contributed by atoms with van der Waals surface area (Å²) in [5.41, 5.74) is 0.532. The van der Waals surface area contributed by atoms with Crippen molar-refractivity contribution in [1.29, 1.82) is 0 Å². The van der Waals surface area contributed by atoms with E-state index >= 15 is 0 Å². The summed E-state index contributed by atoms with van der Waals surface area (Å²) < 4.78 is 0. The van der Waals surface area contributed by atoms with Crippen molar-refractivity contribution in [2.45, 2.75) is 18.9 Å². The smallest absolute Gasteiger partial charge is 0.224 e. The molecular formula is C17H18ClNO2. The maximum Gasteiger partial charge on any atom is 0.224 e. The molecule has 0 saturated carbocycles. The number of hydrogen-bond acceptors (Lipinski definition) is 2. The van der Waals surface area contributed by atoms with Gasteiger partial charge < -0.3 is 10.4 Å². The van der Waals surface area contributed by atoms with E-state index in [1.807, 2.05) is 30.3 Å².